The SMILES string of the molecule is CCOc1cc(C)c(NCC(=O)O[C@@H]2CC[C@]3(CO3)[C@@H]([C@@]3(C)OC3CC=C(C)C)[C@@H]2OC)cc1C(C)C. The Hall–Kier alpha value is -2.09. The van der Waals surface area contributed by atoms with Gasteiger partial charge < -0.3 is 29.0 Å². The van der Waals surface area contributed by atoms with Crippen molar-refractivity contribution >= 4 is 11.7 Å². The van der Waals surface area contributed by atoms with Gasteiger partial charge in [-0.3, -0.25) is 4.79 Å². The second-order valence-electron chi connectivity index (χ2n) is 11.6. The lowest BCUT2D eigenvalue weighted by Gasteiger charge is -2.42. The fraction of sp³-hybridized carbons (Fsp3) is 0.700. The fourth-order valence-corrected chi connectivity index (χ4v) is 6.07. The number of nitrogens with one attached hydrogen (secondary N) is 1. The predicted octanol–water partition coefficient (Wildman–Crippen LogP) is 5.55. The quantitative estimate of drug-likeness (QED) is 0.235. The number of carbonyl (C=O) groups is 1. The van der Waals surface area contributed by atoms with Crippen LogP contribution in [0.2, 0.25) is 0 Å². The van der Waals surface area contributed by atoms with Crippen LogP contribution in [-0.2, 0) is 23.7 Å². The molecule has 4 rings (SSSR count). The highest BCUT2D eigenvalue weighted by molar-refractivity contribution is 5.76. The van der Waals surface area contributed by atoms with Gasteiger partial charge in [0, 0.05) is 12.8 Å². The summed E-state index contributed by atoms with van der Waals surface area (Å²) in [6, 6.07) is 4.12. The van der Waals surface area contributed by atoms with Gasteiger partial charge in [0.25, 0.3) is 0 Å². The van der Waals surface area contributed by atoms with E-state index in [1.54, 1.807) is 7.11 Å². The van der Waals surface area contributed by atoms with Gasteiger partial charge in [0.05, 0.1) is 25.2 Å². The van der Waals surface area contributed by atoms with Crippen molar-refractivity contribution in [3.63, 3.8) is 0 Å². The molecular weight excluding hydrogens is 470 g/mol. The van der Waals surface area contributed by atoms with E-state index in [9.17, 15) is 4.79 Å². The smallest absolute Gasteiger partial charge is 0.325 e. The molecule has 0 bridgehead atoms. The molecule has 1 N–H and O–H groups in total. The van der Waals surface area contributed by atoms with Gasteiger partial charge in [-0.15, -0.1) is 0 Å². The van der Waals surface area contributed by atoms with Gasteiger partial charge in [-0.1, -0.05) is 25.5 Å². The first-order valence-electron chi connectivity index (χ1n) is 13.7. The molecule has 3 aliphatic rings. The molecule has 7 heteroatoms. The number of hydrogen-bond acceptors (Lipinski definition) is 7. The zero-order valence-electron chi connectivity index (χ0n) is 23.8. The first kappa shape index (κ1) is 27.9. The van der Waals surface area contributed by atoms with E-state index in [1.165, 1.54) is 5.57 Å². The Kier molecular flexibility index (Phi) is 8.27. The van der Waals surface area contributed by atoms with E-state index < -0.39 is 0 Å². The van der Waals surface area contributed by atoms with Crippen molar-refractivity contribution in [3.8, 4) is 5.75 Å². The largest absolute Gasteiger partial charge is 0.494 e. The van der Waals surface area contributed by atoms with Gasteiger partial charge in [-0.2, -0.15) is 0 Å². The van der Waals surface area contributed by atoms with Crippen molar-refractivity contribution in [3.05, 3.63) is 34.9 Å². The molecule has 1 aliphatic carbocycles. The number of hydrogen-bond donors (Lipinski definition) is 1. The van der Waals surface area contributed by atoms with E-state index in [-0.39, 0.29) is 47.9 Å². The second-order valence-corrected chi connectivity index (χ2v) is 11.6. The van der Waals surface area contributed by atoms with Gasteiger partial charge in [-0.25, -0.2) is 0 Å². The molecule has 1 saturated carbocycles. The molecule has 3 fully saturated rings. The lowest BCUT2D eigenvalue weighted by atomic mass is 9.68. The highest BCUT2D eigenvalue weighted by atomic mass is 16.6. The van der Waals surface area contributed by atoms with Crippen molar-refractivity contribution in [2.24, 2.45) is 5.92 Å². The molecule has 0 radical (unpaired) electrons. The standard InChI is InChI=1S/C30H45NO6/c1-9-34-24-14-20(6)22(15-21(24)19(4)5)31-16-26(32)36-23-12-13-30(17-35-30)28(27(23)33-8)29(7)25(37-29)11-10-18(2)3/h10,14-15,19,23,25,27-28,31H,9,11-13,16-17H2,1-8H3/t23-,25?,27-,28-,29+,30+/m1/s1. The van der Waals surface area contributed by atoms with Crippen LogP contribution in [0.4, 0.5) is 5.69 Å². The van der Waals surface area contributed by atoms with Crippen LogP contribution in [0.3, 0.4) is 0 Å². The maximum absolute atomic E-state index is 13.0. The predicted molar refractivity (Wildman–Crippen MR) is 144 cm³/mol. The molecule has 0 amide bonds. The molecule has 1 unspecified atom stereocenters. The van der Waals surface area contributed by atoms with E-state index in [1.807, 2.05) is 19.9 Å². The number of carbonyl (C=O) groups excluding carboxylic acids is 1. The van der Waals surface area contributed by atoms with Crippen LogP contribution in [-0.4, -0.2) is 62.4 Å². The van der Waals surface area contributed by atoms with E-state index in [2.05, 4.69) is 52.1 Å². The molecule has 7 nitrogen and oxygen atoms in total. The molecule has 1 aromatic carbocycles. The number of methoxy groups -OCH3 is 1. The van der Waals surface area contributed by atoms with Crippen LogP contribution in [0.25, 0.3) is 0 Å². The van der Waals surface area contributed by atoms with Crippen LogP contribution in [0.1, 0.15) is 77.8 Å². The summed E-state index contributed by atoms with van der Waals surface area (Å²) in [7, 11) is 1.70. The minimum absolute atomic E-state index is 0.0158. The first-order chi connectivity index (χ1) is 17.5. The Morgan fingerprint density at radius 3 is 2.62 bits per heavy atom. The molecule has 2 aliphatic heterocycles. The molecular formula is C30H45NO6. The van der Waals surface area contributed by atoms with Gasteiger partial charge in [0.2, 0.25) is 0 Å². The number of benzene rings is 1. The summed E-state index contributed by atoms with van der Waals surface area (Å²) in [5, 5.41) is 3.29. The Morgan fingerprint density at radius 2 is 2.03 bits per heavy atom. The first-order valence-corrected chi connectivity index (χ1v) is 13.7. The average molecular weight is 516 g/mol. The third-order valence-electron chi connectivity index (χ3n) is 8.22. The van der Waals surface area contributed by atoms with E-state index in [4.69, 9.17) is 23.7 Å². The fourth-order valence-electron chi connectivity index (χ4n) is 6.07. The zero-order chi connectivity index (χ0) is 27.0. The number of rotatable bonds is 11. The minimum atomic E-state index is -0.348. The van der Waals surface area contributed by atoms with Gasteiger partial charge >= 0.3 is 5.97 Å². The Morgan fingerprint density at radius 1 is 1.30 bits per heavy atom. The van der Waals surface area contributed by atoms with Crippen molar-refractivity contribution in [1.82, 2.24) is 0 Å². The molecule has 2 heterocycles. The van der Waals surface area contributed by atoms with Gasteiger partial charge in [-0.05, 0) is 83.1 Å². The second kappa shape index (κ2) is 11.0. The summed E-state index contributed by atoms with van der Waals surface area (Å²) in [4.78, 5) is 13.0. The molecule has 6 atom stereocenters. The Labute approximate surface area is 222 Å². The summed E-state index contributed by atoms with van der Waals surface area (Å²) in [6.45, 7) is 16.1. The summed E-state index contributed by atoms with van der Waals surface area (Å²) < 4.78 is 30.1. The third kappa shape index (κ3) is 5.84. The zero-order valence-corrected chi connectivity index (χ0v) is 23.8. The van der Waals surface area contributed by atoms with Crippen LogP contribution in [0, 0.1) is 12.8 Å². The number of aryl methyl sites for hydroxylation is 1. The summed E-state index contributed by atoms with van der Waals surface area (Å²) in [5.41, 5.74) is 3.77. The minimum Gasteiger partial charge on any atom is -0.494 e. The highest BCUT2D eigenvalue weighted by Gasteiger charge is 2.72. The van der Waals surface area contributed by atoms with Crippen molar-refractivity contribution in [1.29, 1.82) is 0 Å². The molecule has 37 heavy (non-hydrogen) atoms. The lowest BCUT2D eigenvalue weighted by molar-refractivity contribution is -0.170. The number of ether oxygens (including phenoxy) is 5. The molecule has 1 spiro atoms. The van der Waals surface area contributed by atoms with Crippen molar-refractivity contribution < 1.29 is 28.5 Å². The normalized spacial score (nSPS) is 32.2. The van der Waals surface area contributed by atoms with Crippen molar-refractivity contribution in [2.45, 2.75) is 103 Å². The maximum Gasteiger partial charge on any atom is 0.325 e. The maximum atomic E-state index is 13.0. The highest BCUT2D eigenvalue weighted by Crippen LogP contribution is 2.59. The Balaban J connectivity index is 1.42. The van der Waals surface area contributed by atoms with E-state index >= 15 is 0 Å². The van der Waals surface area contributed by atoms with E-state index in [0.717, 1.165) is 41.8 Å². The Bertz CT molecular complexity index is 1010. The molecule has 1 aromatic rings. The van der Waals surface area contributed by atoms with Gasteiger partial charge in [0.1, 0.15) is 35.7 Å². The van der Waals surface area contributed by atoms with Gasteiger partial charge in [0.15, 0.2) is 0 Å². The molecule has 2 saturated heterocycles. The summed E-state index contributed by atoms with van der Waals surface area (Å²) in [5.74, 6) is 0.928. The van der Waals surface area contributed by atoms with Crippen LogP contribution < -0.4 is 10.1 Å². The number of esters is 1. The lowest BCUT2D eigenvalue weighted by Crippen LogP contribution is -2.55. The average Bonchev–Trinajstić information content (AvgIpc) is 3.75. The van der Waals surface area contributed by atoms with Crippen LogP contribution in [0.5, 0.6) is 5.75 Å². The molecule has 206 valence electrons. The number of anilines is 1. The monoisotopic (exact) mass is 515 g/mol. The summed E-state index contributed by atoms with van der Waals surface area (Å²) in [6.07, 6.45) is 4.16. The van der Waals surface area contributed by atoms with Crippen LogP contribution in [0.15, 0.2) is 23.8 Å². The number of epoxide rings is 2. The molecule has 0 aromatic heterocycles. The van der Waals surface area contributed by atoms with E-state index in [0.29, 0.717) is 19.1 Å². The topological polar surface area (TPSA) is 81.9 Å². The van der Waals surface area contributed by atoms with Crippen molar-refractivity contribution in [2.75, 3.05) is 32.2 Å². The third-order valence-corrected chi connectivity index (χ3v) is 8.22. The van der Waals surface area contributed by atoms with Crippen LogP contribution >= 0.6 is 0 Å². The number of allylic oxidation sites excluding steroid dienone is 1. The summed E-state index contributed by atoms with van der Waals surface area (Å²) >= 11 is 0.